The maximum absolute atomic E-state index is 12.2. The van der Waals surface area contributed by atoms with Crippen LogP contribution in [0.15, 0.2) is 66.7 Å². The van der Waals surface area contributed by atoms with Crippen molar-refractivity contribution in [2.24, 2.45) is 0 Å². The number of hydrogen-bond acceptors (Lipinski definition) is 3. The first-order valence-electron chi connectivity index (χ1n) is 8.59. The van der Waals surface area contributed by atoms with E-state index in [-0.39, 0.29) is 5.97 Å². The molecular formula is C21H22N2O2. The van der Waals surface area contributed by atoms with Crippen LogP contribution in [-0.2, 0) is 11.2 Å². The molecule has 3 aromatic rings. The Labute approximate surface area is 148 Å². The van der Waals surface area contributed by atoms with Crippen LogP contribution in [0.5, 0.6) is 5.88 Å². The average molecular weight is 334 g/mol. The smallest absolute Gasteiger partial charge is 0.312 e. The average Bonchev–Trinajstić information content (AvgIpc) is 3.00. The van der Waals surface area contributed by atoms with E-state index in [1.165, 1.54) is 5.56 Å². The zero-order valence-corrected chi connectivity index (χ0v) is 14.4. The third-order valence-electron chi connectivity index (χ3n) is 3.96. The van der Waals surface area contributed by atoms with Crippen molar-refractivity contribution in [3.63, 3.8) is 0 Å². The summed E-state index contributed by atoms with van der Waals surface area (Å²) in [5, 5.41) is 4.41. The molecule has 0 saturated carbocycles. The van der Waals surface area contributed by atoms with Crippen molar-refractivity contribution in [1.29, 1.82) is 0 Å². The number of ether oxygens (including phenoxy) is 1. The van der Waals surface area contributed by atoms with Crippen molar-refractivity contribution >= 4 is 5.97 Å². The van der Waals surface area contributed by atoms with Crippen LogP contribution >= 0.6 is 0 Å². The number of aromatic nitrogens is 2. The van der Waals surface area contributed by atoms with Crippen LogP contribution in [0, 0.1) is 6.92 Å². The SMILES string of the molecule is Cc1cc(OC(=O)CCCCc2ccccc2)n(-c2ccccc2)n1. The fourth-order valence-corrected chi connectivity index (χ4v) is 2.71. The summed E-state index contributed by atoms with van der Waals surface area (Å²) < 4.78 is 7.20. The molecule has 2 aromatic carbocycles. The minimum absolute atomic E-state index is 0.217. The Hall–Kier alpha value is -2.88. The Kier molecular flexibility index (Phi) is 5.62. The molecule has 0 aliphatic rings. The minimum Gasteiger partial charge on any atom is -0.407 e. The minimum atomic E-state index is -0.217. The molecule has 4 nitrogen and oxygen atoms in total. The number of para-hydroxylation sites is 1. The summed E-state index contributed by atoms with van der Waals surface area (Å²) in [6, 6.07) is 21.8. The quantitative estimate of drug-likeness (QED) is 0.472. The summed E-state index contributed by atoms with van der Waals surface area (Å²) >= 11 is 0. The van der Waals surface area contributed by atoms with Gasteiger partial charge < -0.3 is 4.74 Å². The highest BCUT2D eigenvalue weighted by Crippen LogP contribution is 2.20. The summed E-state index contributed by atoms with van der Waals surface area (Å²) in [5.41, 5.74) is 2.99. The number of benzene rings is 2. The molecular weight excluding hydrogens is 312 g/mol. The summed E-state index contributed by atoms with van der Waals surface area (Å²) in [6.45, 7) is 1.89. The van der Waals surface area contributed by atoms with E-state index in [4.69, 9.17) is 4.74 Å². The van der Waals surface area contributed by atoms with Gasteiger partial charge in [0.2, 0.25) is 5.88 Å². The summed E-state index contributed by atoms with van der Waals surface area (Å²) in [4.78, 5) is 12.2. The number of unbranched alkanes of at least 4 members (excludes halogenated alkanes) is 1. The lowest BCUT2D eigenvalue weighted by atomic mass is 10.1. The molecule has 0 atom stereocenters. The fraction of sp³-hybridized carbons (Fsp3) is 0.238. The topological polar surface area (TPSA) is 44.1 Å². The molecule has 0 unspecified atom stereocenters. The van der Waals surface area contributed by atoms with Crippen molar-refractivity contribution in [3.8, 4) is 11.6 Å². The van der Waals surface area contributed by atoms with Crippen LogP contribution in [0.4, 0.5) is 0 Å². The van der Waals surface area contributed by atoms with Gasteiger partial charge in [0.15, 0.2) is 0 Å². The van der Waals surface area contributed by atoms with Gasteiger partial charge in [0, 0.05) is 12.5 Å². The van der Waals surface area contributed by atoms with E-state index < -0.39 is 0 Å². The normalized spacial score (nSPS) is 10.6. The Morgan fingerprint density at radius 1 is 1.00 bits per heavy atom. The highest BCUT2D eigenvalue weighted by molar-refractivity contribution is 5.72. The van der Waals surface area contributed by atoms with Crippen LogP contribution in [0.3, 0.4) is 0 Å². The van der Waals surface area contributed by atoms with Crippen molar-refractivity contribution in [2.75, 3.05) is 0 Å². The number of nitrogens with zero attached hydrogens (tertiary/aromatic N) is 2. The van der Waals surface area contributed by atoms with E-state index >= 15 is 0 Å². The van der Waals surface area contributed by atoms with Crippen LogP contribution in [0.1, 0.15) is 30.5 Å². The second kappa shape index (κ2) is 8.29. The van der Waals surface area contributed by atoms with Gasteiger partial charge in [-0.1, -0.05) is 48.5 Å². The van der Waals surface area contributed by atoms with Crippen LogP contribution in [0.2, 0.25) is 0 Å². The molecule has 3 rings (SSSR count). The van der Waals surface area contributed by atoms with E-state index in [2.05, 4.69) is 17.2 Å². The lowest BCUT2D eigenvalue weighted by molar-refractivity contribution is -0.134. The lowest BCUT2D eigenvalue weighted by Crippen LogP contribution is -2.11. The number of esters is 1. The van der Waals surface area contributed by atoms with E-state index in [0.29, 0.717) is 12.3 Å². The number of hydrogen-bond donors (Lipinski definition) is 0. The fourth-order valence-electron chi connectivity index (χ4n) is 2.71. The van der Waals surface area contributed by atoms with Crippen molar-refractivity contribution in [2.45, 2.75) is 32.6 Å². The molecule has 128 valence electrons. The zero-order valence-electron chi connectivity index (χ0n) is 14.4. The van der Waals surface area contributed by atoms with Crippen molar-refractivity contribution in [1.82, 2.24) is 9.78 Å². The van der Waals surface area contributed by atoms with Gasteiger partial charge in [-0.3, -0.25) is 4.79 Å². The first-order valence-corrected chi connectivity index (χ1v) is 8.59. The molecule has 0 fully saturated rings. The van der Waals surface area contributed by atoms with Gasteiger partial charge in [-0.25, -0.2) is 4.68 Å². The molecule has 0 aliphatic heterocycles. The third-order valence-corrected chi connectivity index (χ3v) is 3.96. The molecule has 4 heteroatoms. The molecule has 0 spiro atoms. The second-order valence-electron chi connectivity index (χ2n) is 6.04. The molecule has 1 aromatic heterocycles. The standard InChI is InChI=1S/C21H22N2O2/c1-17-16-20(23(22-17)19-13-6-3-7-14-19)25-21(24)15-9-8-12-18-10-4-2-5-11-18/h2-7,10-11,13-14,16H,8-9,12,15H2,1H3. The summed E-state index contributed by atoms with van der Waals surface area (Å²) in [5.74, 6) is 0.252. The van der Waals surface area contributed by atoms with Gasteiger partial charge in [0.1, 0.15) is 0 Å². The first-order chi connectivity index (χ1) is 12.2. The molecule has 1 heterocycles. The maximum atomic E-state index is 12.2. The maximum Gasteiger partial charge on any atom is 0.312 e. The summed E-state index contributed by atoms with van der Waals surface area (Å²) in [6.07, 6.45) is 3.17. The molecule has 0 aliphatic carbocycles. The van der Waals surface area contributed by atoms with E-state index in [9.17, 15) is 4.79 Å². The van der Waals surface area contributed by atoms with Crippen LogP contribution < -0.4 is 4.74 Å². The van der Waals surface area contributed by atoms with E-state index in [1.54, 1.807) is 10.7 Å². The van der Waals surface area contributed by atoms with Crippen LogP contribution in [-0.4, -0.2) is 15.7 Å². The van der Waals surface area contributed by atoms with Crippen LogP contribution in [0.25, 0.3) is 5.69 Å². The third kappa shape index (κ3) is 4.80. The van der Waals surface area contributed by atoms with E-state index in [0.717, 1.165) is 30.6 Å². The monoisotopic (exact) mass is 334 g/mol. The Balaban J connectivity index is 1.53. The Bertz CT molecular complexity index is 810. The van der Waals surface area contributed by atoms with Gasteiger partial charge in [-0.2, -0.15) is 5.10 Å². The molecule has 0 N–H and O–H groups in total. The zero-order chi connectivity index (χ0) is 17.5. The molecule has 0 bridgehead atoms. The molecule has 0 saturated heterocycles. The number of carbonyl (C=O) groups is 1. The Morgan fingerprint density at radius 2 is 1.68 bits per heavy atom. The number of carbonyl (C=O) groups excluding carboxylic acids is 1. The first kappa shape index (κ1) is 17.0. The largest absolute Gasteiger partial charge is 0.407 e. The molecule has 0 amide bonds. The van der Waals surface area contributed by atoms with Gasteiger partial charge in [-0.15, -0.1) is 0 Å². The number of rotatable bonds is 7. The van der Waals surface area contributed by atoms with Gasteiger partial charge >= 0.3 is 5.97 Å². The van der Waals surface area contributed by atoms with Gasteiger partial charge in [0.05, 0.1) is 11.4 Å². The highest BCUT2D eigenvalue weighted by Gasteiger charge is 2.12. The predicted molar refractivity (Wildman–Crippen MR) is 97.9 cm³/mol. The van der Waals surface area contributed by atoms with Crippen molar-refractivity contribution in [3.05, 3.63) is 78.0 Å². The van der Waals surface area contributed by atoms with Gasteiger partial charge in [0.25, 0.3) is 0 Å². The highest BCUT2D eigenvalue weighted by atomic mass is 16.5. The lowest BCUT2D eigenvalue weighted by Gasteiger charge is -2.08. The van der Waals surface area contributed by atoms with E-state index in [1.807, 2.05) is 55.5 Å². The predicted octanol–water partition coefficient (Wildman–Crippen LogP) is 4.50. The second-order valence-corrected chi connectivity index (χ2v) is 6.04. The van der Waals surface area contributed by atoms with Crippen molar-refractivity contribution < 1.29 is 9.53 Å². The summed E-state index contributed by atoms with van der Waals surface area (Å²) in [7, 11) is 0. The Morgan fingerprint density at radius 3 is 2.40 bits per heavy atom. The molecule has 25 heavy (non-hydrogen) atoms. The van der Waals surface area contributed by atoms with Gasteiger partial charge in [-0.05, 0) is 43.9 Å². The molecule has 0 radical (unpaired) electrons. The number of aryl methyl sites for hydroxylation is 2.